The Morgan fingerprint density at radius 2 is 2.17 bits per heavy atom. The van der Waals surface area contributed by atoms with Gasteiger partial charge in [-0.3, -0.25) is 9.59 Å². The molecule has 1 saturated heterocycles. The molecule has 0 aliphatic carbocycles. The predicted octanol–water partition coefficient (Wildman–Crippen LogP) is 1.16. The van der Waals surface area contributed by atoms with Crippen molar-refractivity contribution in [2.75, 3.05) is 18.5 Å². The highest BCUT2D eigenvalue weighted by atomic mass is 16.5. The van der Waals surface area contributed by atoms with Crippen LogP contribution in [0.4, 0.5) is 5.69 Å². The van der Waals surface area contributed by atoms with Gasteiger partial charge in [0.25, 0.3) is 5.91 Å². The van der Waals surface area contributed by atoms with Gasteiger partial charge in [-0.25, -0.2) is 0 Å². The number of carbonyl (C=O) groups is 2. The molecule has 0 radical (unpaired) electrons. The molecule has 1 atom stereocenters. The minimum atomic E-state index is -0.122. The van der Waals surface area contributed by atoms with Crippen LogP contribution in [-0.2, 0) is 9.53 Å². The number of carbonyl (C=O) groups excluding carboxylic acids is 2. The van der Waals surface area contributed by atoms with Crippen LogP contribution in [0.3, 0.4) is 0 Å². The number of ether oxygens (including phenoxy) is 1. The minimum Gasteiger partial charge on any atom is -0.376 e. The number of hydrogen-bond acceptors (Lipinski definition) is 3. The number of benzene rings is 1. The number of nitrogens with one attached hydrogen (secondary N) is 2. The smallest absolute Gasteiger partial charge is 0.251 e. The molecule has 1 aliphatic rings. The normalized spacial score (nSPS) is 18.3. The number of amides is 2. The topological polar surface area (TPSA) is 67.4 Å². The van der Waals surface area contributed by atoms with E-state index >= 15 is 0 Å². The van der Waals surface area contributed by atoms with Crippen molar-refractivity contribution in [3.05, 3.63) is 29.8 Å². The molecule has 1 fully saturated rings. The molecule has 5 nitrogen and oxygen atoms in total. The van der Waals surface area contributed by atoms with E-state index in [0.29, 0.717) is 24.2 Å². The molecule has 96 valence electrons. The van der Waals surface area contributed by atoms with E-state index in [1.54, 1.807) is 24.3 Å². The molecular weight excluding hydrogens is 232 g/mol. The van der Waals surface area contributed by atoms with Crippen LogP contribution in [0.25, 0.3) is 0 Å². The lowest BCUT2D eigenvalue weighted by Crippen LogP contribution is -2.31. The van der Waals surface area contributed by atoms with Gasteiger partial charge in [-0.1, -0.05) is 0 Å². The summed E-state index contributed by atoms with van der Waals surface area (Å²) in [5.74, 6) is -0.122. The molecule has 0 saturated carbocycles. The fraction of sp³-hybridized carbons (Fsp3) is 0.385. The van der Waals surface area contributed by atoms with Crippen molar-refractivity contribution in [1.82, 2.24) is 5.32 Å². The van der Waals surface area contributed by atoms with Gasteiger partial charge in [0.05, 0.1) is 6.10 Å². The fourth-order valence-corrected chi connectivity index (χ4v) is 1.90. The molecule has 1 aromatic rings. The Kier molecular flexibility index (Phi) is 4.30. The Bertz CT molecular complexity index is 411. The van der Waals surface area contributed by atoms with Crippen LogP contribution in [0.5, 0.6) is 0 Å². The van der Waals surface area contributed by atoms with Crippen molar-refractivity contribution in [3.8, 4) is 0 Å². The Morgan fingerprint density at radius 3 is 2.78 bits per heavy atom. The van der Waals surface area contributed by atoms with Gasteiger partial charge in [0.15, 0.2) is 0 Å². The van der Waals surface area contributed by atoms with Gasteiger partial charge < -0.3 is 15.4 Å². The Labute approximate surface area is 106 Å². The summed E-state index contributed by atoms with van der Waals surface area (Å²) >= 11 is 0. The van der Waals surface area contributed by atoms with E-state index in [2.05, 4.69) is 10.6 Å². The van der Waals surface area contributed by atoms with Gasteiger partial charge in [0.1, 0.15) is 0 Å². The molecule has 1 aliphatic heterocycles. The minimum absolute atomic E-state index is 0.122. The molecule has 0 bridgehead atoms. The molecule has 1 heterocycles. The average molecular weight is 248 g/mol. The Balaban J connectivity index is 1.85. The van der Waals surface area contributed by atoms with E-state index < -0.39 is 0 Å². The summed E-state index contributed by atoms with van der Waals surface area (Å²) in [5.41, 5.74) is 1.24. The van der Waals surface area contributed by atoms with Crippen molar-refractivity contribution >= 4 is 18.0 Å². The van der Waals surface area contributed by atoms with Crippen molar-refractivity contribution in [2.24, 2.45) is 0 Å². The maximum atomic E-state index is 11.8. The van der Waals surface area contributed by atoms with Crippen LogP contribution >= 0.6 is 0 Å². The predicted molar refractivity (Wildman–Crippen MR) is 67.4 cm³/mol. The highest BCUT2D eigenvalue weighted by Crippen LogP contribution is 2.11. The lowest BCUT2D eigenvalue weighted by atomic mass is 10.2. The molecule has 1 unspecified atom stereocenters. The highest BCUT2D eigenvalue weighted by molar-refractivity contribution is 5.94. The summed E-state index contributed by atoms with van der Waals surface area (Å²) in [5, 5.41) is 5.36. The maximum absolute atomic E-state index is 11.8. The largest absolute Gasteiger partial charge is 0.376 e. The van der Waals surface area contributed by atoms with Gasteiger partial charge >= 0.3 is 0 Å². The molecular formula is C13H16N2O3. The fourth-order valence-electron chi connectivity index (χ4n) is 1.90. The lowest BCUT2D eigenvalue weighted by Gasteiger charge is -2.10. The Hall–Kier alpha value is -1.88. The van der Waals surface area contributed by atoms with Crippen LogP contribution in [0.15, 0.2) is 24.3 Å². The third-order valence-electron chi connectivity index (χ3n) is 2.89. The number of hydrogen-bond donors (Lipinski definition) is 2. The third kappa shape index (κ3) is 3.30. The van der Waals surface area contributed by atoms with Gasteiger partial charge in [0, 0.05) is 24.4 Å². The molecule has 0 aromatic heterocycles. The van der Waals surface area contributed by atoms with E-state index in [4.69, 9.17) is 4.74 Å². The monoisotopic (exact) mass is 248 g/mol. The molecule has 1 aromatic carbocycles. The second kappa shape index (κ2) is 6.16. The third-order valence-corrected chi connectivity index (χ3v) is 2.89. The second-order valence-corrected chi connectivity index (χ2v) is 4.18. The van der Waals surface area contributed by atoms with Crippen LogP contribution in [0.2, 0.25) is 0 Å². The van der Waals surface area contributed by atoms with E-state index in [9.17, 15) is 9.59 Å². The van der Waals surface area contributed by atoms with E-state index in [-0.39, 0.29) is 12.0 Å². The van der Waals surface area contributed by atoms with Crippen molar-refractivity contribution < 1.29 is 14.3 Å². The van der Waals surface area contributed by atoms with Gasteiger partial charge in [0.2, 0.25) is 6.41 Å². The number of rotatable bonds is 5. The van der Waals surface area contributed by atoms with Crippen LogP contribution in [-0.4, -0.2) is 31.6 Å². The molecule has 0 spiro atoms. The summed E-state index contributed by atoms with van der Waals surface area (Å²) in [7, 11) is 0. The second-order valence-electron chi connectivity index (χ2n) is 4.18. The summed E-state index contributed by atoms with van der Waals surface area (Å²) in [4.78, 5) is 22.1. The van der Waals surface area contributed by atoms with Crippen molar-refractivity contribution in [3.63, 3.8) is 0 Å². The maximum Gasteiger partial charge on any atom is 0.251 e. The van der Waals surface area contributed by atoms with Gasteiger partial charge in [-0.05, 0) is 37.1 Å². The first-order chi connectivity index (χ1) is 8.79. The van der Waals surface area contributed by atoms with Gasteiger partial charge in [-0.15, -0.1) is 0 Å². The Morgan fingerprint density at radius 1 is 1.39 bits per heavy atom. The van der Waals surface area contributed by atoms with Gasteiger partial charge in [-0.2, -0.15) is 0 Å². The van der Waals surface area contributed by atoms with Crippen LogP contribution in [0.1, 0.15) is 23.2 Å². The number of anilines is 1. The zero-order valence-corrected chi connectivity index (χ0v) is 10.0. The summed E-state index contributed by atoms with van der Waals surface area (Å²) in [6, 6.07) is 6.73. The molecule has 2 N–H and O–H groups in total. The van der Waals surface area contributed by atoms with E-state index in [1.807, 2.05) is 0 Å². The quantitative estimate of drug-likeness (QED) is 0.768. The van der Waals surface area contributed by atoms with E-state index in [0.717, 1.165) is 19.4 Å². The molecule has 2 rings (SSSR count). The molecule has 2 amide bonds. The lowest BCUT2D eigenvalue weighted by molar-refractivity contribution is -0.105. The van der Waals surface area contributed by atoms with E-state index in [1.165, 1.54) is 0 Å². The first-order valence-electron chi connectivity index (χ1n) is 5.99. The van der Waals surface area contributed by atoms with Crippen LogP contribution < -0.4 is 10.6 Å². The van der Waals surface area contributed by atoms with Crippen molar-refractivity contribution in [2.45, 2.75) is 18.9 Å². The average Bonchev–Trinajstić information content (AvgIpc) is 2.90. The summed E-state index contributed by atoms with van der Waals surface area (Å²) < 4.78 is 5.43. The van der Waals surface area contributed by atoms with Crippen LogP contribution in [0, 0.1) is 0 Å². The molecule has 5 heteroatoms. The standard InChI is InChI=1S/C13H16N2O3/c16-9-15-11-5-3-10(4-6-11)13(17)14-8-12-2-1-7-18-12/h3-6,9,12H,1-2,7-8H2,(H,14,17)(H,15,16). The summed E-state index contributed by atoms with van der Waals surface area (Å²) in [6.45, 7) is 1.33. The first kappa shape index (κ1) is 12.6. The zero-order chi connectivity index (χ0) is 12.8. The first-order valence-corrected chi connectivity index (χ1v) is 5.99. The summed E-state index contributed by atoms with van der Waals surface area (Å²) in [6.07, 6.45) is 2.81. The SMILES string of the molecule is O=CNc1ccc(C(=O)NCC2CCCO2)cc1. The molecule has 18 heavy (non-hydrogen) atoms. The van der Waals surface area contributed by atoms with Crippen molar-refractivity contribution in [1.29, 1.82) is 0 Å². The zero-order valence-electron chi connectivity index (χ0n) is 10.0. The highest BCUT2D eigenvalue weighted by Gasteiger charge is 2.16.